The molecule has 0 aliphatic carbocycles. The average Bonchev–Trinajstić information content (AvgIpc) is 2.48. The zero-order chi connectivity index (χ0) is 19.9. The lowest BCUT2D eigenvalue weighted by Crippen LogP contribution is -2.65. The topological polar surface area (TPSA) is 105 Å². The lowest BCUT2D eigenvalue weighted by Gasteiger charge is -2.45. The molecule has 0 bridgehead atoms. The molecule has 7 heteroatoms. The second kappa shape index (κ2) is 10.3. The first-order valence-electron chi connectivity index (χ1n) is 9.50. The molecular formula is C18H43N3O3Si. The van der Waals surface area contributed by atoms with Crippen LogP contribution in [0.5, 0.6) is 0 Å². The van der Waals surface area contributed by atoms with Crippen molar-refractivity contribution in [3.05, 3.63) is 0 Å². The number of rotatable bonds is 13. The molecule has 152 valence electrons. The van der Waals surface area contributed by atoms with Crippen LogP contribution in [0, 0.1) is 0 Å². The highest BCUT2D eigenvalue weighted by Crippen LogP contribution is 2.29. The molecule has 0 aliphatic heterocycles. The second-order valence-corrected chi connectivity index (χ2v) is 13.3. The number of aliphatic hydroxyl groups is 2. The first kappa shape index (κ1) is 25.0. The minimum atomic E-state index is -2.22. The van der Waals surface area contributed by atoms with Crippen molar-refractivity contribution in [1.29, 1.82) is 0 Å². The molecule has 0 rings (SSSR count). The van der Waals surface area contributed by atoms with E-state index in [1.54, 1.807) is 0 Å². The Labute approximate surface area is 156 Å². The Balaban J connectivity index is 4.92. The van der Waals surface area contributed by atoms with Gasteiger partial charge < -0.3 is 31.0 Å². The smallest absolute Gasteiger partial charge is 0.210 e. The van der Waals surface area contributed by atoms with Crippen molar-refractivity contribution >= 4 is 8.32 Å². The Bertz CT molecular complexity index is 375. The van der Waals surface area contributed by atoms with Gasteiger partial charge in [-0.15, -0.1) is 0 Å². The monoisotopic (exact) mass is 377 g/mol. The molecule has 0 aromatic heterocycles. The molecule has 0 radical (unpaired) electrons. The van der Waals surface area contributed by atoms with E-state index in [9.17, 15) is 5.11 Å². The average molecular weight is 378 g/mol. The van der Waals surface area contributed by atoms with Crippen LogP contribution in [0.25, 0.3) is 0 Å². The van der Waals surface area contributed by atoms with E-state index >= 15 is 0 Å². The summed E-state index contributed by atoms with van der Waals surface area (Å²) in [6.07, 6.45) is 0.859. The van der Waals surface area contributed by atoms with Gasteiger partial charge in [0.05, 0.1) is 18.3 Å². The Morgan fingerprint density at radius 1 is 1.16 bits per heavy atom. The minimum Gasteiger partial charge on any atom is -0.409 e. The van der Waals surface area contributed by atoms with Crippen molar-refractivity contribution in [3.8, 4) is 0 Å². The number of hydrogen-bond acceptors (Lipinski definition) is 6. The summed E-state index contributed by atoms with van der Waals surface area (Å²) in [6.45, 7) is 16.8. The van der Waals surface area contributed by atoms with Gasteiger partial charge in [0.2, 0.25) is 8.32 Å². The van der Waals surface area contributed by atoms with E-state index in [1.165, 1.54) is 0 Å². The highest BCUT2D eigenvalue weighted by molar-refractivity contribution is 6.75. The van der Waals surface area contributed by atoms with Crippen LogP contribution in [0.15, 0.2) is 0 Å². The predicted molar refractivity (Wildman–Crippen MR) is 108 cm³/mol. The molecule has 0 saturated heterocycles. The van der Waals surface area contributed by atoms with Crippen LogP contribution in [0.1, 0.15) is 54.4 Å². The van der Waals surface area contributed by atoms with Crippen molar-refractivity contribution in [2.75, 3.05) is 26.2 Å². The van der Waals surface area contributed by atoms with E-state index in [1.807, 2.05) is 13.8 Å². The maximum absolute atomic E-state index is 9.52. The molecule has 0 aromatic rings. The van der Waals surface area contributed by atoms with E-state index in [2.05, 4.69) is 39.1 Å². The fraction of sp³-hybridized carbons (Fsp3) is 1.00. The molecule has 0 saturated carbocycles. The molecule has 2 atom stereocenters. The molecular weight excluding hydrogens is 334 g/mol. The summed E-state index contributed by atoms with van der Waals surface area (Å²) < 4.78 is 6.52. The third-order valence-electron chi connectivity index (χ3n) is 5.16. The van der Waals surface area contributed by atoms with Crippen LogP contribution in [-0.2, 0) is 4.43 Å². The fourth-order valence-electron chi connectivity index (χ4n) is 2.76. The van der Waals surface area contributed by atoms with Gasteiger partial charge in [0.15, 0.2) is 0 Å². The first-order chi connectivity index (χ1) is 11.3. The van der Waals surface area contributed by atoms with Gasteiger partial charge in [-0.05, 0) is 80.1 Å². The maximum atomic E-state index is 9.52. The lowest BCUT2D eigenvalue weighted by atomic mass is 10.1. The van der Waals surface area contributed by atoms with E-state index < -0.39 is 14.4 Å². The summed E-state index contributed by atoms with van der Waals surface area (Å²) in [7, 11) is -2.22. The van der Waals surface area contributed by atoms with Gasteiger partial charge >= 0.3 is 0 Å². The molecule has 25 heavy (non-hydrogen) atoms. The number of nitrogens with zero attached hydrogens (tertiary/aromatic N) is 1. The van der Waals surface area contributed by atoms with Gasteiger partial charge in [0.25, 0.3) is 0 Å². The second-order valence-electron chi connectivity index (χ2n) is 8.88. The van der Waals surface area contributed by atoms with E-state index in [-0.39, 0.29) is 17.4 Å². The summed E-state index contributed by atoms with van der Waals surface area (Å²) in [6, 6.07) is 1.34. The summed E-state index contributed by atoms with van der Waals surface area (Å²) in [5.41, 5.74) is 12.0. The van der Waals surface area contributed by atoms with E-state index in [4.69, 9.17) is 21.0 Å². The van der Waals surface area contributed by atoms with Crippen molar-refractivity contribution < 1.29 is 14.6 Å². The Morgan fingerprint density at radius 3 is 2.12 bits per heavy atom. The van der Waals surface area contributed by atoms with Gasteiger partial charge in [-0.2, -0.15) is 0 Å². The van der Waals surface area contributed by atoms with Crippen LogP contribution >= 0.6 is 0 Å². The van der Waals surface area contributed by atoms with Crippen LogP contribution in [0.3, 0.4) is 0 Å². The molecule has 2 unspecified atom stereocenters. The van der Waals surface area contributed by atoms with Crippen molar-refractivity contribution in [1.82, 2.24) is 4.90 Å². The third kappa shape index (κ3) is 8.95. The minimum absolute atomic E-state index is 0.171. The highest BCUT2D eigenvalue weighted by atomic mass is 28.4. The Kier molecular flexibility index (Phi) is 10.3. The number of nitrogens with two attached hydrogens (primary N) is 2. The predicted octanol–water partition coefficient (Wildman–Crippen LogP) is 1.44. The normalized spacial score (nSPS) is 17.2. The molecule has 0 amide bonds. The van der Waals surface area contributed by atoms with Gasteiger partial charge in [-0.25, -0.2) is 0 Å². The zero-order valence-electron chi connectivity index (χ0n) is 17.5. The lowest BCUT2D eigenvalue weighted by molar-refractivity contribution is 0.0811. The number of aliphatic hydroxyl groups excluding tert-OH is 2. The van der Waals surface area contributed by atoms with Crippen LogP contribution in [0.2, 0.25) is 12.6 Å². The largest absolute Gasteiger partial charge is 0.409 e. The summed E-state index contributed by atoms with van der Waals surface area (Å²) in [4.78, 5) is 2.40. The van der Waals surface area contributed by atoms with Gasteiger partial charge in [-0.1, -0.05) is 0 Å². The van der Waals surface area contributed by atoms with Crippen LogP contribution in [-0.4, -0.2) is 72.6 Å². The Hall–Kier alpha value is -0.0231. The molecule has 0 aromatic carbocycles. The molecule has 0 fully saturated rings. The number of hydrogen-bond donors (Lipinski definition) is 4. The molecule has 0 heterocycles. The van der Waals surface area contributed by atoms with Gasteiger partial charge in [0, 0.05) is 17.7 Å². The van der Waals surface area contributed by atoms with Crippen LogP contribution in [0.4, 0.5) is 0 Å². The molecule has 0 aliphatic rings. The van der Waals surface area contributed by atoms with Crippen molar-refractivity contribution in [2.24, 2.45) is 11.5 Å². The molecule has 6 N–H and O–H groups in total. The van der Waals surface area contributed by atoms with Crippen LogP contribution < -0.4 is 11.5 Å². The zero-order valence-corrected chi connectivity index (χ0v) is 18.5. The van der Waals surface area contributed by atoms with Gasteiger partial charge in [-0.3, -0.25) is 0 Å². The van der Waals surface area contributed by atoms with Crippen molar-refractivity contribution in [2.45, 2.75) is 89.9 Å². The Morgan fingerprint density at radius 2 is 1.72 bits per heavy atom. The molecule has 0 spiro atoms. The first-order valence-corrected chi connectivity index (χ1v) is 12.1. The van der Waals surface area contributed by atoms with Gasteiger partial charge in [0.1, 0.15) is 0 Å². The molecule has 6 nitrogen and oxygen atoms in total. The quantitative estimate of drug-likeness (QED) is 0.362. The maximum Gasteiger partial charge on any atom is 0.210 e. The SMILES string of the molecule is CC(C)N(CCCC(O)CO)CC[Si](C)(OC(C)(C)CN)C(C)(C)N. The standard InChI is InChI=1S/C18H43N3O3Si/c1-15(2)21(10-8-9-16(23)13-22)11-12-25(7,18(5,6)20)24-17(3,4)14-19/h15-16,22-23H,8-14,19-20H2,1-7H3. The third-order valence-corrected chi connectivity index (χ3v) is 10.1. The fourth-order valence-corrected chi connectivity index (χ4v) is 5.79. The summed E-state index contributed by atoms with van der Waals surface area (Å²) in [5, 5.41) is 18.1. The van der Waals surface area contributed by atoms with E-state index in [0.717, 1.165) is 25.6 Å². The summed E-state index contributed by atoms with van der Waals surface area (Å²) in [5.74, 6) is 0. The van der Waals surface area contributed by atoms with E-state index in [0.29, 0.717) is 19.0 Å². The van der Waals surface area contributed by atoms with Crippen molar-refractivity contribution in [3.63, 3.8) is 0 Å². The summed E-state index contributed by atoms with van der Waals surface area (Å²) >= 11 is 0. The highest BCUT2D eigenvalue weighted by Gasteiger charge is 2.45.